The average molecular weight is 312 g/mol. The zero-order valence-electron chi connectivity index (χ0n) is 13.3. The van der Waals surface area contributed by atoms with E-state index in [2.05, 4.69) is 10.6 Å². The molecule has 2 aromatic carbocycles. The van der Waals surface area contributed by atoms with Gasteiger partial charge in [-0.3, -0.25) is 9.59 Å². The summed E-state index contributed by atoms with van der Waals surface area (Å²) in [4.78, 5) is 23.8. The molecule has 0 aliphatic carbocycles. The van der Waals surface area contributed by atoms with Crippen molar-refractivity contribution in [3.05, 3.63) is 59.7 Å². The van der Waals surface area contributed by atoms with E-state index in [4.69, 9.17) is 4.74 Å². The first-order valence-electron chi connectivity index (χ1n) is 7.44. The zero-order chi connectivity index (χ0) is 16.7. The quantitative estimate of drug-likeness (QED) is 0.861. The van der Waals surface area contributed by atoms with E-state index in [1.807, 2.05) is 25.1 Å². The Morgan fingerprint density at radius 3 is 2.48 bits per heavy atom. The molecule has 0 aromatic heterocycles. The molecule has 2 N–H and O–H groups in total. The fourth-order valence-electron chi connectivity index (χ4n) is 2.19. The Labute approximate surface area is 135 Å². The van der Waals surface area contributed by atoms with Gasteiger partial charge in [-0.15, -0.1) is 0 Å². The lowest BCUT2D eigenvalue weighted by atomic mass is 10.1. The fourth-order valence-corrected chi connectivity index (χ4v) is 2.19. The van der Waals surface area contributed by atoms with Gasteiger partial charge in [0.05, 0.1) is 13.7 Å². The van der Waals surface area contributed by atoms with Crippen molar-refractivity contribution in [2.24, 2.45) is 0 Å². The van der Waals surface area contributed by atoms with Crippen molar-refractivity contribution in [2.45, 2.75) is 13.3 Å². The number of benzene rings is 2. The zero-order valence-corrected chi connectivity index (χ0v) is 13.3. The molecule has 0 atom stereocenters. The van der Waals surface area contributed by atoms with Gasteiger partial charge in [0.15, 0.2) is 0 Å². The highest BCUT2D eigenvalue weighted by molar-refractivity contribution is 5.99. The molecule has 0 heterocycles. The number of rotatable bonds is 6. The monoisotopic (exact) mass is 312 g/mol. The van der Waals surface area contributed by atoms with Crippen LogP contribution in [-0.2, 0) is 11.2 Å². The number of nitrogens with one attached hydrogen (secondary N) is 2. The standard InChI is InChI=1S/C18H20N2O3/c1-3-13-11-15(9-10-16(13)23-2)20-17(21)12-19-18(22)14-7-5-4-6-8-14/h4-11H,3,12H2,1-2H3,(H,19,22)(H,20,21). The van der Waals surface area contributed by atoms with Crippen molar-refractivity contribution in [3.8, 4) is 5.75 Å². The van der Waals surface area contributed by atoms with Crippen LogP contribution in [-0.4, -0.2) is 25.5 Å². The second-order valence-corrected chi connectivity index (χ2v) is 4.98. The van der Waals surface area contributed by atoms with Gasteiger partial charge in [0.2, 0.25) is 5.91 Å². The second kappa shape index (κ2) is 7.98. The second-order valence-electron chi connectivity index (χ2n) is 4.98. The first-order chi connectivity index (χ1) is 11.1. The number of ether oxygens (including phenoxy) is 1. The van der Waals surface area contributed by atoms with E-state index < -0.39 is 0 Å². The third-order valence-electron chi connectivity index (χ3n) is 3.39. The molecule has 0 saturated heterocycles. The van der Waals surface area contributed by atoms with Crippen molar-refractivity contribution < 1.29 is 14.3 Å². The van der Waals surface area contributed by atoms with Crippen LogP contribution >= 0.6 is 0 Å². The topological polar surface area (TPSA) is 67.4 Å². The van der Waals surface area contributed by atoms with Gasteiger partial charge < -0.3 is 15.4 Å². The summed E-state index contributed by atoms with van der Waals surface area (Å²) in [5.41, 5.74) is 2.22. The molecule has 2 aromatic rings. The van der Waals surface area contributed by atoms with Gasteiger partial charge >= 0.3 is 0 Å². The van der Waals surface area contributed by atoms with Crippen molar-refractivity contribution in [1.29, 1.82) is 0 Å². The smallest absolute Gasteiger partial charge is 0.251 e. The minimum absolute atomic E-state index is 0.0821. The largest absolute Gasteiger partial charge is 0.496 e. The van der Waals surface area contributed by atoms with Gasteiger partial charge in [0.1, 0.15) is 5.75 Å². The molecule has 120 valence electrons. The summed E-state index contributed by atoms with van der Waals surface area (Å²) in [6.07, 6.45) is 0.803. The summed E-state index contributed by atoms with van der Waals surface area (Å²) >= 11 is 0. The molecular formula is C18H20N2O3. The third-order valence-corrected chi connectivity index (χ3v) is 3.39. The molecule has 2 amide bonds. The Kier molecular flexibility index (Phi) is 5.74. The predicted octanol–water partition coefficient (Wildman–Crippen LogP) is 2.63. The summed E-state index contributed by atoms with van der Waals surface area (Å²) in [6, 6.07) is 14.2. The summed E-state index contributed by atoms with van der Waals surface area (Å²) in [5.74, 6) is 0.245. The van der Waals surface area contributed by atoms with Crippen LogP contribution in [0.25, 0.3) is 0 Å². The Hall–Kier alpha value is -2.82. The highest BCUT2D eigenvalue weighted by atomic mass is 16.5. The van der Waals surface area contributed by atoms with E-state index in [9.17, 15) is 9.59 Å². The number of hydrogen-bond donors (Lipinski definition) is 2. The van der Waals surface area contributed by atoms with E-state index in [-0.39, 0.29) is 18.4 Å². The fraction of sp³-hybridized carbons (Fsp3) is 0.222. The SMILES string of the molecule is CCc1cc(NC(=O)CNC(=O)c2ccccc2)ccc1OC. The number of anilines is 1. The average Bonchev–Trinajstić information content (AvgIpc) is 2.60. The van der Waals surface area contributed by atoms with E-state index in [0.717, 1.165) is 17.7 Å². The molecule has 0 aliphatic heterocycles. The molecule has 5 nitrogen and oxygen atoms in total. The molecule has 0 saturated carbocycles. The van der Waals surface area contributed by atoms with Crippen LogP contribution in [0.1, 0.15) is 22.8 Å². The van der Waals surface area contributed by atoms with E-state index >= 15 is 0 Å². The maximum absolute atomic E-state index is 11.9. The maximum Gasteiger partial charge on any atom is 0.251 e. The van der Waals surface area contributed by atoms with Gasteiger partial charge in [0, 0.05) is 11.3 Å². The third kappa shape index (κ3) is 4.57. The maximum atomic E-state index is 11.9. The first kappa shape index (κ1) is 16.5. The van der Waals surface area contributed by atoms with Gasteiger partial charge in [-0.1, -0.05) is 25.1 Å². The number of carbonyl (C=O) groups excluding carboxylic acids is 2. The van der Waals surface area contributed by atoms with Gasteiger partial charge in [-0.05, 0) is 42.3 Å². The Morgan fingerprint density at radius 2 is 1.83 bits per heavy atom. The number of hydrogen-bond acceptors (Lipinski definition) is 3. The highest BCUT2D eigenvalue weighted by Crippen LogP contribution is 2.22. The molecular weight excluding hydrogens is 292 g/mol. The molecule has 0 aliphatic rings. The first-order valence-corrected chi connectivity index (χ1v) is 7.44. The molecule has 0 spiro atoms. The number of carbonyl (C=O) groups is 2. The van der Waals surface area contributed by atoms with Crippen LogP contribution in [0.4, 0.5) is 5.69 Å². The number of aryl methyl sites for hydroxylation is 1. The number of methoxy groups -OCH3 is 1. The van der Waals surface area contributed by atoms with Crippen molar-refractivity contribution in [2.75, 3.05) is 19.0 Å². The van der Waals surface area contributed by atoms with Crippen LogP contribution in [0.3, 0.4) is 0 Å². The Bertz CT molecular complexity index is 684. The van der Waals surface area contributed by atoms with Gasteiger partial charge in [0.25, 0.3) is 5.91 Å². The van der Waals surface area contributed by atoms with E-state index in [1.165, 1.54) is 0 Å². The van der Waals surface area contributed by atoms with Crippen LogP contribution in [0, 0.1) is 0 Å². The molecule has 0 radical (unpaired) electrons. The minimum atomic E-state index is -0.276. The molecule has 0 bridgehead atoms. The lowest BCUT2D eigenvalue weighted by Crippen LogP contribution is -2.32. The molecule has 0 unspecified atom stereocenters. The normalized spacial score (nSPS) is 10.0. The molecule has 5 heteroatoms. The molecule has 23 heavy (non-hydrogen) atoms. The predicted molar refractivity (Wildman–Crippen MR) is 89.8 cm³/mol. The lowest BCUT2D eigenvalue weighted by Gasteiger charge is -2.11. The Balaban J connectivity index is 1.91. The van der Waals surface area contributed by atoms with E-state index in [0.29, 0.717) is 11.3 Å². The summed E-state index contributed by atoms with van der Waals surface area (Å²) < 4.78 is 5.25. The number of amides is 2. The minimum Gasteiger partial charge on any atom is -0.496 e. The van der Waals surface area contributed by atoms with Crippen molar-refractivity contribution in [3.63, 3.8) is 0 Å². The van der Waals surface area contributed by atoms with Crippen LogP contribution in [0.2, 0.25) is 0 Å². The molecule has 2 rings (SSSR count). The highest BCUT2D eigenvalue weighted by Gasteiger charge is 2.09. The van der Waals surface area contributed by atoms with Crippen LogP contribution < -0.4 is 15.4 Å². The summed E-state index contributed by atoms with van der Waals surface area (Å²) in [6.45, 7) is 1.94. The lowest BCUT2D eigenvalue weighted by molar-refractivity contribution is -0.115. The summed E-state index contributed by atoms with van der Waals surface area (Å²) in [5, 5.41) is 5.36. The molecule has 0 fully saturated rings. The van der Waals surface area contributed by atoms with E-state index in [1.54, 1.807) is 37.4 Å². The van der Waals surface area contributed by atoms with Gasteiger partial charge in [-0.25, -0.2) is 0 Å². The van der Waals surface area contributed by atoms with Gasteiger partial charge in [-0.2, -0.15) is 0 Å². The summed E-state index contributed by atoms with van der Waals surface area (Å²) in [7, 11) is 1.62. The van der Waals surface area contributed by atoms with Crippen LogP contribution in [0.15, 0.2) is 48.5 Å². The van der Waals surface area contributed by atoms with Crippen LogP contribution in [0.5, 0.6) is 5.75 Å². The van der Waals surface area contributed by atoms with Crippen molar-refractivity contribution in [1.82, 2.24) is 5.32 Å². The van der Waals surface area contributed by atoms with Crippen molar-refractivity contribution >= 4 is 17.5 Å². The Morgan fingerprint density at radius 1 is 1.09 bits per heavy atom.